The van der Waals surface area contributed by atoms with E-state index >= 15 is 0 Å². The van der Waals surface area contributed by atoms with Crippen LogP contribution in [0.25, 0.3) is 0 Å². The first kappa shape index (κ1) is 15.3. The number of halogens is 3. The first-order valence-corrected chi connectivity index (χ1v) is 6.50. The minimum absolute atomic E-state index is 0.218. The van der Waals surface area contributed by atoms with Gasteiger partial charge in [0.25, 0.3) is 5.91 Å². The normalized spacial score (nSPS) is 10.5. The Hall–Kier alpha value is -2.14. The summed E-state index contributed by atoms with van der Waals surface area (Å²) in [5.74, 6) is -2.33. The van der Waals surface area contributed by atoms with Crippen molar-refractivity contribution in [2.75, 3.05) is 12.8 Å². The van der Waals surface area contributed by atoms with Gasteiger partial charge in [-0.25, -0.2) is 8.78 Å². The van der Waals surface area contributed by atoms with Crippen molar-refractivity contribution in [1.82, 2.24) is 4.90 Å². The van der Waals surface area contributed by atoms with Crippen LogP contribution in [-0.4, -0.2) is 17.9 Å². The number of hydrogen-bond donors (Lipinski definition) is 1. The van der Waals surface area contributed by atoms with Gasteiger partial charge in [-0.15, -0.1) is 0 Å². The molecule has 0 saturated heterocycles. The zero-order valence-corrected chi connectivity index (χ0v) is 12.0. The number of amides is 1. The summed E-state index contributed by atoms with van der Waals surface area (Å²) in [5, 5.41) is 0.537. The van der Waals surface area contributed by atoms with Gasteiger partial charge < -0.3 is 10.6 Å². The van der Waals surface area contributed by atoms with Gasteiger partial charge in [-0.2, -0.15) is 0 Å². The topological polar surface area (TPSA) is 46.3 Å². The van der Waals surface area contributed by atoms with Crippen molar-refractivity contribution in [3.8, 4) is 0 Å². The van der Waals surface area contributed by atoms with Crippen molar-refractivity contribution in [2.45, 2.75) is 6.54 Å². The number of benzene rings is 2. The number of rotatable bonds is 3. The highest BCUT2D eigenvalue weighted by Gasteiger charge is 2.19. The molecule has 2 aromatic rings. The maximum atomic E-state index is 13.8. The maximum absolute atomic E-state index is 13.8. The smallest absolute Gasteiger partial charge is 0.257 e. The van der Waals surface area contributed by atoms with E-state index in [9.17, 15) is 13.6 Å². The van der Waals surface area contributed by atoms with Gasteiger partial charge in [0.2, 0.25) is 0 Å². The number of nitrogens with zero attached hydrogens (tertiary/aromatic N) is 1. The van der Waals surface area contributed by atoms with Crippen LogP contribution in [0.15, 0.2) is 36.4 Å². The van der Waals surface area contributed by atoms with Crippen LogP contribution < -0.4 is 5.73 Å². The summed E-state index contributed by atoms with van der Waals surface area (Å²) in [7, 11) is 1.49. The van der Waals surface area contributed by atoms with Crippen LogP contribution in [-0.2, 0) is 6.54 Å². The van der Waals surface area contributed by atoms with Crippen LogP contribution in [0.2, 0.25) is 5.02 Å². The van der Waals surface area contributed by atoms with E-state index in [0.717, 1.165) is 17.7 Å². The minimum atomic E-state index is -0.917. The van der Waals surface area contributed by atoms with Crippen LogP contribution in [0.4, 0.5) is 14.5 Å². The number of carbonyl (C=O) groups is 1. The van der Waals surface area contributed by atoms with Crippen molar-refractivity contribution >= 4 is 23.2 Å². The third-order valence-electron chi connectivity index (χ3n) is 2.95. The molecule has 1 amide bonds. The largest absolute Gasteiger partial charge is 0.396 e. The second-order valence-corrected chi connectivity index (χ2v) is 5.08. The lowest BCUT2D eigenvalue weighted by molar-refractivity contribution is 0.0780. The Morgan fingerprint density at radius 3 is 2.67 bits per heavy atom. The van der Waals surface area contributed by atoms with Crippen LogP contribution in [0.3, 0.4) is 0 Å². The molecule has 0 saturated carbocycles. The maximum Gasteiger partial charge on any atom is 0.257 e. The van der Waals surface area contributed by atoms with Gasteiger partial charge in [0.1, 0.15) is 5.82 Å². The third kappa shape index (κ3) is 3.49. The van der Waals surface area contributed by atoms with Gasteiger partial charge in [0.05, 0.1) is 11.3 Å². The fourth-order valence-electron chi connectivity index (χ4n) is 1.95. The molecule has 0 atom stereocenters. The lowest BCUT2D eigenvalue weighted by Crippen LogP contribution is -2.27. The molecule has 0 heterocycles. The van der Waals surface area contributed by atoms with Crippen LogP contribution >= 0.6 is 11.6 Å². The molecule has 2 N–H and O–H groups in total. The highest BCUT2D eigenvalue weighted by Crippen LogP contribution is 2.20. The molecule has 0 aromatic heterocycles. The van der Waals surface area contributed by atoms with E-state index in [4.69, 9.17) is 17.3 Å². The lowest BCUT2D eigenvalue weighted by Gasteiger charge is -2.18. The first-order chi connectivity index (χ1) is 9.88. The summed E-state index contributed by atoms with van der Waals surface area (Å²) >= 11 is 5.86. The van der Waals surface area contributed by atoms with Crippen LogP contribution in [0.5, 0.6) is 0 Å². The molecule has 110 valence electrons. The Bertz CT molecular complexity index is 691. The number of nitrogens with two attached hydrogens (primary N) is 1. The highest BCUT2D eigenvalue weighted by atomic mass is 35.5. The fraction of sp³-hybridized carbons (Fsp3) is 0.133. The van der Waals surface area contributed by atoms with E-state index < -0.39 is 28.8 Å². The standard InChI is InChI=1S/C15H13ClF2N2O/c1-20(8-9-3-2-4-10(16)5-9)15(21)12-6-11(17)7-13(19)14(12)18/h2-7H,8,19H2,1H3. The Morgan fingerprint density at radius 1 is 1.29 bits per heavy atom. The molecule has 2 aromatic carbocycles. The van der Waals surface area contributed by atoms with Gasteiger partial charge in [-0.3, -0.25) is 4.79 Å². The Morgan fingerprint density at radius 2 is 2.00 bits per heavy atom. The zero-order chi connectivity index (χ0) is 15.6. The van der Waals surface area contributed by atoms with Crippen molar-refractivity contribution in [3.63, 3.8) is 0 Å². The molecule has 0 bridgehead atoms. The average molecular weight is 311 g/mol. The SMILES string of the molecule is CN(Cc1cccc(Cl)c1)C(=O)c1cc(F)cc(N)c1F. The predicted molar refractivity (Wildman–Crippen MR) is 78.0 cm³/mol. The Kier molecular flexibility index (Phi) is 4.43. The van der Waals surface area contributed by atoms with Crippen LogP contribution in [0, 0.1) is 11.6 Å². The minimum Gasteiger partial charge on any atom is -0.396 e. The fourth-order valence-corrected chi connectivity index (χ4v) is 2.17. The zero-order valence-electron chi connectivity index (χ0n) is 11.2. The Labute approximate surface area is 125 Å². The van der Waals surface area contributed by atoms with E-state index in [-0.39, 0.29) is 6.54 Å². The molecule has 0 unspecified atom stereocenters. The summed E-state index contributed by atoms with van der Waals surface area (Å²) in [6.45, 7) is 0.218. The Balaban J connectivity index is 2.24. The van der Waals surface area contributed by atoms with Gasteiger partial charge in [0, 0.05) is 18.6 Å². The molecule has 0 radical (unpaired) electrons. The third-order valence-corrected chi connectivity index (χ3v) is 3.19. The molecule has 0 aliphatic rings. The predicted octanol–water partition coefficient (Wildman–Crippen LogP) is 3.47. The van der Waals surface area contributed by atoms with E-state index in [0.29, 0.717) is 5.02 Å². The van der Waals surface area contributed by atoms with E-state index in [1.54, 1.807) is 24.3 Å². The highest BCUT2D eigenvalue weighted by molar-refractivity contribution is 6.30. The van der Waals surface area contributed by atoms with Crippen molar-refractivity contribution in [2.24, 2.45) is 0 Å². The molecule has 0 aliphatic heterocycles. The quantitative estimate of drug-likeness (QED) is 0.882. The summed E-state index contributed by atoms with van der Waals surface area (Å²) in [6.07, 6.45) is 0. The van der Waals surface area contributed by atoms with E-state index in [1.807, 2.05) is 0 Å². The molecular weight excluding hydrogens is 298 g/mol. The van der Waals surface area contributed by atoms with Crippen molar-refractivity contribution in [3.05, 3.63) is 64.2 Å². The van der Waals surface area contributed by atoms with E-state index in [1.165, 1.54) is 11.9 Å². The number of anilines is 1. The number of nitrogen functional groups attached to an aromatic ring is 1. The molecule has 3 nitrogen and oxygen atoms in total. The van der Waals surface area contributed by atoms with Gasteiger partial charge in [-0.1, -0.05) is 23.7 Å². The van der Waals surface area contributed by atoms with Crippen LogP contribution in [0.1, 0.15) is 15.9 Å². The van der Waals surface area contributed by atoms with E-state index in [2.05, 4.69) is 0 Å². The molecule has 21 heavy (non-hydrogen) atoms. The molecule has 0 aliphatic carbocycles. The number of hydrogen-bond acceptors (Lipinski definition) is 2. The molecule has 0 fully saturated rings. The summed E-state index contributed by atoms with van der Waals surface area (Å²) < 4.78 is 27.1. The second kappa shape index (κ2) is 6.10. The van der Waals surface area contributed by atoms with Crippen molar-refractivity contribution in [1.29, 1.82) is 0 Å². The molecule has 2 rings (SSSR count). The summed E-state index contributed by atoms with van der Waals surface area (Å²) in [4.78, 5) is 13.5. The van der Waals surface area contributed by atoms with Gasteiger partial charge in [-0.05, 0) is 29.8 Å². The van der Waals surface area contributed by atoms with Gasteiger partial charge in [0.15, 0.2) is 5.82 Å². The summed E-state index contributed by atoms with van der Waals surface area (Å²) in [6, 6.07) is 8.61. The monoisotopic (exact) mass is 310 g/mol. The lowest BCUT2D eigenvalue weighted by atomic mass is 10.1. The second-order valence-electron chi connectivity index (χ2n) is 4.65. The summed E-state index contributed by atoms with van der Waals surface area (Å²) in [5.41, 5.74) is 5.32. The molecular formula is C15H13ClF2N2O. The molecule has 6 heteroatoms. The molecule has 0 spiro atoms. The van der Waals surface area contributed by atoms with Crippen molar-refractivity contribution < 1.29 is 13.6 Å². The average Bonchev–Trinajstić information content (AvgIpc) is 2.42. The first-order valence-electron chi connectivity index (χ1n) is 6.13. The number of carbonyl (C=O) groups excluding carboxylic acids is 1. The van der Waals surface area contributed by atoms with Gasteiger partial charge >= 0.3 is 0 Å².